The molecule has 0 spiro atoms. The molecule has 1 aliphatic carbocycles. The summed E-state index contributed by atoms with van der Waals surface area (Å²) in [4.78, 5) is 12.6. The first kappa shape index (κ1) is 15.8. The molecule has 0 bridgehead atoms. The Morgan fingerprint density at radius 3 is 2.48 bits per heavy atom. The van der Waals surface area contributed by atoms with Crippen LogP contribution in [0, 0.1) is 0 Å². The van der Waals surface area contributed by atoms with Crippen LogP contribution in [-0.4, -0.2) is 18.0 Å². The van der Waals surface area contributed by atoms with E-state index in [2.05, 4.69) is 5.32 Å². The van der Waals surface area contributed by atoms with Crippen LogP contribution in [0.15, 0.2) is 42.5 Å². The molecule has 1 saturated carbocycles. The summed E-state index contributed by atoms with van der Waals surface area (Å²) in [6.07, 6.45) is 4.26. The van der Waals surface area contributed by atoms with Crippen molar-refractivity contribution in [1.29, 1.82) is 0 Å². The molecule has 0 heterocycles. The van der Waals surface area contributed by atoms with E-state index < -0.39 is 0 Å². The molecule has 2 aromatic rings. The highest BCUT2D eigenvalue weighted by atomic mass is 35.5. The van der Waals surface area contributed by atoms with Gasteiger partial charge in [-0.15, -0.1) is 12.4 Å². The number of carbonyl (C=O) groups is 1. The molecule has 0 aliphatic heterocycles. The van der Waals surface area contributed by atoms with Gasteiger partial charge in [-0.05, 0) is 29.7 Å². The second-order valence-corrected chi connectivity index (χ2v) is 5.67. The fraction of sp³-hybridized carbons (Fsp3) is 0.353. The smallest absolute Gasteiger partial charge is 0.252 e. The normalized spacial score (nSPS) is 16.4. The molecule has 21 heavy (non-hydrogen) atoms. The minimum Gasteiger partial charge on any atom is -0.345 e. The number of hydrogen-bond acceptors (Lipinski definition) is 2. The first-order valence-corrected chi connectivity index (χ1v) is 7.24. The maximum atomic E-state index is 12.6. The average Bonchev–Trinajstić information content (AvgIpc) is 2.95. The summed E-state index contributed by atoms with van der Waals surface area (Å²) < 4.78 is 0. The Balaban J connectivity index is 0.00000161. The van der Waals surface area contributed by atoms with Crippen molar-refractivity contribution in [3.63, 3.8) is 0 Å². The second-order valence-electron chi connectivity index (χ2n) is 5.67. The largest absolute Gasteiger partial charge is 0.345 e. The third kappa shape index (κ3) is 3.04. The summed E-state index contributed by atoms with van der Waals surface area (Å²) in [6, 6.07) is 13.8. The van der Waals surface area contributed by atoms with Gasteiger partial charge in [0.25, 0.3) is 5.91 Å². The van der Waals surface area contributed by atoms with E-state index in [-0.39, 0.29) is 23.9 Å². The van der Waals surface area contributed by atoms with Crippen LogP contribution in [0.4, 0.5) is 0 Å². The number of hydrogen-bond donors (Lipinski definition) is 2. The highest BCUT2D eigenvalue weighted by Crippen LogP contribution is 2.29. The molecule has 0 unspecified atom stereocenters. The quantitative estimate of drug-likeness (QED) is 0.914. The molecule has 1 amide bonds. The summed E-state index contributed by atoms with van der Waals surface area (Å²) in [6.45, 7) is 0.517. The number of nitrogens with one attached hydrogen (secondary N) is 1. The third-order valence-electron chi connectivity index (χ3n) is 4.36. The molecule has 1 aliphatic rings. The molecule has 112 valence electrons. The van der Waals surface area contributed by atoms with Crippen LogP contribution in [0.5, 0.6) is 0 Å². The minimum atomic E-state index is -0.200. The van der Waals surface area contributed by atoms with E-state index >= 15 is 0 Å². The number of benzene rings is 2. The van der Waals surface area contributed by atoms with Gasteiger partial charge in [0, 0.05) is 12.1 Å². The van der Waals surface area contributed by atoms with E-state index in [0.717, 1.165) is 42.0 Å². The van der Waals surface area contributed by atoms with Crippen molar-refractivity contribution in [2.45, 2.75) is 31.2 Å². The van der Waals surface area contributed by atoms with Gasteiger partial charge in [-0.25, -0.2) is 0 Å². The number of nitrogens with two attached hydrogens (primary N) is 1. The Bertz CT molecular complexity index is 630. The van der Waals surface area contributed by atoms with Gasteiger partial charge in [-0.3, -0.25) is 4.79 Å². The van der Waals surface area contributed by atoms with Crippen molar-refractivity contribution in [2.24, 2.45) is 5.73 Å². The van der Waals surface area contributed by atoms with Crippen LogP contribution in [0.1, 0.15) is 36.0 Å². The number of fused-ring (bicyclic) bond motifs is 1. The lowest BCUT2D eigenvalue weighted by Crippen LogP contribution is -2.51. The average molecular weight is 305 g/mol. The van der Waals surface area contributed by atoms with Crippen LogP contribution < -0.4 is 11.1 Å². The van der Waals surface area contributed by atoms with E-state index in [4.69, 9.17) is 5.73 Å². The predicted octanol–water partition coefficient (Wildman–Crippen LogP) is 3.26. The summed E-state index contributed by atoms with van der Waals surface area (Å²) in [5.74, 6) is -0.00542. The fourth-order valence-electron chi connectivity index (χ4n) is 3.16. The minimum absolute atomic E-state index is 0. The van der Waals surface area contributed by atoms with Gasteiger partial charge in [-0.1, -0.05) is 49.2 Å². The Hall–Kier alpha value is -1.58. The van der Waals surface area contributed by atoms with Crippen molar-refractivity contribution < 1.29 is 4.79 Å². The highest BCUT2D eigenvalue weighted by Gasteiger charge is 2.34. The molecule has 0 atom stereocenters. The first-order valence-electron chi connectivity index (χ1n) is 7.24. The molecule has 0 saturated heterocycles. The molecule has 1 fully saturated rings. The summed E-state index contributed by atoms with van der Waals surface area (Å²) in [5, 5.41) is 5.28. The van der Waals surface area contributed by atoms with Crippen molar-refractivity contribution in [2.75, 3.05) is 6.54 Å². The van der Waals surface area contributed by atoms with Gasteiger partial charge in [-0.2, -0.15) is 0 Å². The predicted molar refractivity (Wildman–Crippen MR) is 88.9 cm³/mol. The van der Waals surface area contributed by atoms with E-state index in [0.29, 0.717) is 6.54 Å². The van der Waals surface area contributed by atoms with Gasteiger partial charge in [0.1, 0.15) is 0 Å². The number of halogens is 1. The van der Waals surface area contributed by atoms with Crippen LogP contribution in [0.3, 0.4) is 0 Å². The van der Waals surface area contributed by atoms with E-state index in [1.165, 1.54) is 0 Å². The van der Waals surface area contributed by atoms with Crippen molar-refractivity contribution in [3.05, 3.63) is 48.0 Å². The monoisotopic (exact) mass is 304 g/mol. The van der Waals surface area contributed by atoms with Gasteiger partial charge < -0.3 is 11.1 Å². The standard InChI is InChI=1S/C17H20N2O.ClH/c18-12-17(10-3-4-11-17)19-16(20)15-9-5-7-13-6-1-2-8-14(13)15;/h1-2,5-9H,3-4,10-12,18H2,(H,19,20);1H. The zero-order valence-corrected chi connectivity index (χ0v) is 12.8. The topological polar surface area (TPSA) is 55.1 Å². The van der Waals surface area contributed by atoms with Crippen LogP contribution in [0.25, 0.3) is 10.8 Å². The van der Waals surface area contributed by atoms with Crippen LogP contribution in [-0.2, 0) is 0 Å². The molecule has 3 rings (SSSR count). The van der Waals surface area contributed by atoms with Crippen LogP contribution >= 0.6 is 12.4 Å². The lowest BCUT2D eigenvalue weighted by Gasteiger charge is -2.29. The van der Waals surface area contributed by atoms with Crippen molar-refractivity contribution in [3.8, 4) is 0 Å². The molecule has 2 aromatic carbocycles. The Morgan fingerprint density at radius 1 is 1.10 bits per heavy atom. The van der Waals surface area contributed by atoms with Crippen molar-refractivity contribution >= 4 is 29.1 Å². The highest BCUT2D eigenvalue weighted by molar-refractivity contribution is 6.07. The van der Waals surface area contributed by atoms with Gasteiger partial charge in [0.2, 0.25) is 0 Å². The zero-order valence-electron chi connectivity index (χ0n) is 12.0. The first-order chi connectivity index (χ1) is 9.74. The van der Waals surface area contributed by atoms with Gasteiger partial charge >= 0.3 is 0 Å². The fourth-order valence-corrected chi connectivity index (χ4v) is 3.16. The SMILES string of the molecule is Cl.NCC1(NC(=O)c2cccc3ccccc23)CCCC1. The molecule has 3 N–H and O–H groups in total. The summed E-state index contributed by atoms with van der Waals surface area (Å²) in [7, 11) is 0. The molecule has 0 radical (unpaired) electrons. The molecular weight excluding hydrogens is 284 g/mol. The Labute approximate surface area is 131 Å². The Morgan fingerprint density at radius 2 is 1.76 bits per heavy atom. The second kappa shape index (κ2) is 6.46. The van der Waals surface area contributed by atoms with Crippen LogP contribution in [0.2, 0.25) is 0 Å². The number of carbonyl (C=O) groups excluding carboxylic acids is 1. The summed E-state index contributed by atoms with van der Waals surface area (Å²) in [5.41, 5.74) is 6.43. The Kier molecular flexibility index (Phi) is 4.86. The zero-order chi connectivity index (χ0) is 14.0. The maximum absolute atomic E-state index is 12.6. The number of amides is 1. The molecule has 0 aromatic heterocycles. The van der Waals surface area contributed by atoms with E-state index in [9.17, 15) is 4.79 Å². The van der Waals surface area contributed by atoms with Crippen molar-refractivity contribution in [1.82, 2.24) is 5.32 Å². The van der Waals surface area contributed by atoms with Gasteiger partial charge in [0.05, 0.1) is 5.54 Å². The number of rotatable bonds is 3. The molecule has 3 nitrogen and oxygen atoms in total. The molecular formula is C17H21ClN2O. The summed E-state index contributed by atoms with van der Waals surface area (Å²) >= 11 is 0. The third-order valence-corrected chi connectivity index (χ3v) is 4.36. The maximum Gasteiger partial charge on any atom is 0.252 e. The van der Waals surface area contributed by atoms with E-state index in [1.54, 1.807) is 0 Å². The molecule has 4 heteroatoms. The van der Waals surface area contributed by atoms with E-state index in [1.807, 2.05) is 42.5 Å². The lowest BCUT2D eigenvalue weighted by molar-refractivity contribution is 0.0905. The lowest BCUT2D eigenvalue weighted by atomic mass is 9.96. The van der Waals surface area contributed by atoms with Gasteiger partial charge in [0.15, 0.2) is 0 Å².